The first-order valence-corrected chi connectivity index (χ1v) is 8.39. The maximum Gasteiger partial charge on any atom is 0.227 e. The van der Waals surface area contributed by atoms with Crippen molar-refractivity contribution in [1.29, 1.82) is 0 Å². The smallest absolute Gasteiger partial charge is 0.227 e. The molecule has 6 aromatic rings. The minimum atomic E-state index is 0.609. The Labute approximate surface area is 146 Å². The van der Waals surface area contributed by atoms with E-state index in [-0.39, 0.29) is 0 Å². The van der Waals surface area contributed by atoms with Crippen LogP contribution in [0.15, 0.2) is 69.5 Å². The molecule has 0 spiro atoms. The number of hydrogen-bond acceptors (Lipinski definition) is 3. The quantitative estimate of drug-likeness (QED) is 0.314. The standard InChI is InChI=1S/C21H10ClNO2/c22-12-9-14-18-16(10-12)24-15-8-4-7-13(17(15)18)20-19(14)23-21(25-20)11-5-2-1-3-6-11/h1-10H. The van der Waals surface area contributed by atoms with Gasteiger partial charge >= 0.3 is 0 Å². The minimum Gasteiger partial charge on any atom is -0.456 e. The molecule has 2 heterocycles. The average molecular weight is 344 g/mol. The van der Waals surface area contributed by atoms with Crippen LogP contribution in [0, 0.1) is 0 Å². The van der Waals surface area contributed by atoms with Crippen LogP contribution in [-0.2, 0) is 0 Å². The Bertz CT molecular complexity index is 1400. The highest BCUT2D eigenvalue weighted by molar-refractivity contribution is 6.36. The van der Waals surface area contributed by atoms with Gasteiger partial charge in [-0.1, -0.05) is 41.9 Å². The zero-order valence-corrected chi connectivity index (χ0v) is 13.7. The predicted octanol–water partition coefficient (Wildman–Crippen LogP) is 6.64. The lowest BCUT2D eigenvalue weighted by molar-refractivity contribution is 0.623. The summed E-state index contributed by atoms with van der Waals surface area (Å²) >= 11 is 6.32. The van der Waals surface area contributed by atoms with Gasteiger partial charge in [0.2, 0.25) is 5.89 Å². The number of furan rings is 1. The Morgan fingerprint density at radius 1 is 0.760 bits per heavy atom. The van der Waals surface area contributed by atoms with E-state index < -0.39 is 0 Å². The summed E-state index contributed by atoms with van der Waals surface area (Å²) in [5.74, 6) is 0.609. The van der Waals surface area contributed by atoms with E-state index in [1.807, 2.05) is 60.7 Å². The summed E-state index contributed by atoms with van der Waals surface area (Å²) in [6.07, 6.45) is 0. The van der Waals surface area contributed by atoms with E-state index in [1.54, 1.807) is 0 Å². The highest BCUT2D eigenvalue weighted by Gasteiger charge is 2.21. The van der Waals surface area contributed by atoms with E-state index in [9.17, 15) is 0 Å². The monoisotopic (exact) mass is 343 g/mol. The summed E-state index contributed by atoms with van der Waals surface area (Å²) in [6.45, 7) is 0. The minimum absolute atomic E-state index is 0.609. The fourth-order valence-electron chi connectivity index (χ4n) is 3.68. The summed E-state index contributed by atoms with van der Waals surface area (Å²) in [7, 11) is 0. The number of fused-ring (bicyclic) bond motifs is 3. The highest BCUT2D eigenvalue weighted by Crippen LogP contribution is 2.44. The van der Waals surface area contributed by atoms with Gasteiger partial charge in [-0.3, -0.25) is 0 Å². The molecule has 2 aromatic heterocycles. The van der Waals surface area contributed by atoms with Crippen LogP contribution in [0.2, 0.25) is 5.02 Å². The number of oxazole rings is 1. The predicted molar refractivity (Wildman–Crippen MR) is 100 cm³/mol. The SMILES string of the molecule is Clc1cc2oc3cccc4c5oc(-c6ccccc6)nc5c(c1)c2c34. The second kappa shape index (κ2) is 4.52. The zero-order valence-electron chi connectivity index (χ0n) is 12.9. The number of aromatic nitrogens is 1. The molecule has 25 heavy (non-hydrogen) atoms. The van der Waals surface area contributed by atoms with Crippen LogP contribution in [0.25, 0.3) is 55.3 Å². The van der Waals surface area contributed by atoms with Gasteiger partial charge < -0.3 is 8.83 Å². The molecule has 0 N–H and O–H groups in total. The Hall–Kier alpha value is -3.04. The second-order valence-electron chi connectivity index (χ2n) is 6.17. The van der Waals surface area contributed by atoms with Gasteiger partial charge in [-0.15, -0.1) is 0 Å². The first kappa shape index (κ1) is 13.3. The molecule has 4 aromatic carbocycles. The first-order chi connectivity index (χ1) is 12.3. The van der Waals surface area contributed by atoms with Gasteiger partial charge in [-0.2, -0.15) is 0 Å². The lowest BCUT2D eigenvalue weighted by Gasteiger charge is -2.02. The molecule has 0 saturated heterocycles. The van der Waals surface area contributed by atoms with Crippen LogP contribution in [0.1, 0.15) is 0 Å². The fourth-order valence-corrected chi connectivity index (χ4v) is 3.89. The fraction of sp³-hybridized carbons (Fsp3) is 0. The molecule has 0 atom stereocenters. The van der Waals surface area contributed by atoms with E-state index in [0.29, 0.717) is 10.9 Å². The van der Waals surface area contributed by atoms with Gasteiger partial charge in [0.15, 0.2) is 5.58 Å². The number of benzene rings is 4. The lowest BCUT2D eigenvalue weighted by atomic mass is 10.0. The van der Waals surface area contributed by atoms with Crippen LogP contribution in [-0.4, -0.2) is 4.98 Å². The molecule has 0 saturated carbocycles. The van der Waals surface area contributed by atoms with Crippen molar-refractivity contribution >= 4 is 55.4 Å². The van der Waals surface area contributed by atoms with Crippen molar-refractivity contribution in [2.24, 2.45) is 0 Å². The van der Waals surface area contributed by atoms with Crippen molar-refractivity contribution in [3.8, 4) is 11.5 Å². The summed E-state index contributed by atoms with van der Waals surface area (Å²) in [6, 6.07) is 19.7. The topological polar surface area (TPSA) is 39.2 Å². The van der Waals surface area contributed by atoms with Crippen molar-refractivity contribution in [2.45, 2.75) is 0 Å². The van der Waals surface area contributed by atoms with Gasteiger partial charge in [-0.05, 0) is 24.3 Å². The van der Waals surface area contributed by atoms with Crippen LogP contribution in [0.3, 0.4) is 0 Å². The van der Waals surface area contributed by atoms with Gasteiger partial charge in [0.25, 0.3) is 0 Å². The van der Waals surface area contributed by atoms with Crippen molar-refractivity contribution in [3.63, 3.8) is 0 Å². The molecule has 0 radical (unpaired) electrons. The first-order valence-electron chi connectivity index (χ1n) is 8.01. The summed E-state index contributed by atoms with van der Waals surface area (Å²) in [5.41, 5.74) is 4.14. The average Bonchev–Trinajstić information content (AvgIpc) is 3.23. The van der Waals surface area contributed by atoms with E-state index in [0.717, 1.165) is 49.4 Å². The molecular formula is C21H10ClNO2. The highest BCUT2D eigenvalue weighted by atomic mass is 35.5. The van der Waals surface area contributed by atoms with Gasteiger partial charge in [0.1, 0.15) is 16.7 Å². The van der Waals surface area contributed by atoms with E-state index >= 15 is 0 Å². The Morgan fingerprint density at radius 3 is 2.48 bits per heavy atom. The number of halogens is 1. The van der Waals surface area contributed by atoms with Crippen LogP contribution >= 0.6 is 11.6 Å². The van der Waals surface area contributed by atoms with E-state index in [4.69, 9.17) is 25.4 Å². The van der Waals surface area contributed by atoms with Crippen LogP contribution in [0.4, 0.5) is 0 Å². The van der Waals surface area contributed by atoms with Crippen molar-refractivity contribution < 1.29 is 8.83 Å². The zero-order chi connectivity index (χ0) is 16.5. The van der Waals surface area contributed by atoms with Gasteiger partial charge in [0.05, 0.1) is 0 Å². The number of rotatable bonds is 1. The van der Waals surface area contributed by atoms with Crippen molar-refractivity contribution in [1.82, 2.24) is 4.98 Å². The second-order valence-corrected chi connectivity index (χ2v) is 6.61. The molecule has 0 aliphatic rings. The summed E-state index contributed by atoms with van der Waals surface area (Å²) in [5, 5.41) is 4.71. The molecule has 0 bridgehead atoms. The molecule has 0 amide bonds. The van der Waals surface area contributed by atoms with Crippen LogP contribution in [0.5, 0.6) is 0 Å². The third-order valence-corrected chi connectivity index (χ3v) is 4.93. The van der Waals surface area contributed by atoms with Crippen molar-refractivity contribution in [3.05, 3.63) is 65.7 Å². The third kappa shape index (κ3) is 1.68. The molecule has 0 fully saturated rings. The molecule has 6 rings (SSSR count). The lowest BCUT2D eigenvalue weighted by Crippen LogP contribution is -1.80. The molecule has 3 nitrogen and oxygen atoms in total. The molecule has 0 unspecified atom stereocenters. The summed E-state index contributed by atoms with van der Waals surface area (Å²) in [4.78, 5) is 4.79. The van der Waals surface area contributed by atoms with Crippen LogP contribution < -0.4 is 0 Å². The number of nitrogens with zero attached hydrogens (tertiary/aromatic N) is 1. The van der Waals surface area contributed by atoms with Gasteiger partial charge in [0, 0.05) is 38.2 Å². The Balaban J connectivity index is 1.88. The molecule has 0 aliphatic heterocycles. The van der Waals surface area contributed by atoms with Crippen molar-refractivity contribution in [2.75, 3.05) is 0 Å². The third-order valence-electron chi connectivity index (χ3n) is 4.71. The number of hydrogen-bond donors (Lipinski definition) is 0. The molecule has 118 valence electrons. The summed E-state index contributed by atoms with van der Waals surface area (Å²) < 4.78 is 12.2. The van der Waals surface area contributed by atoms with Gasteiger partial charge in [-0.25, -0.2) is 4.98 Å². The molecule has 4 heteroatoms. The largest absolute Gasteiger partial charge is 0.456 e. The Morgan fingerprint density at radius 2 is 1.60 bits per heavy atom. The molecular weight excluding hydrogens is 334 g/mol. The molecule has 0 aliphatic carbocycles. The van der Waals surface area contributed by atoms with E-state index in [1.165, 1.54) is 0 Å². The van der Waals surface area contributed by atoms with E-state index in [2.05, 4.69) is 0 Å². The normalized spacial score (nSPS) is 12.2. The maximum atomic E-state index is 6.32. The maximum absolute atomic E-state index is 6.32. The Kier molecular flexibility index (Phi) is 2.40.